The number of hydrogen-bond acceptors (Lipinski definition) is 3. The zero-order valence-electron chi connectivity index (χ0n) is 12.2. The molecule has 4 rings (SSSR count). The number of benzene rings is 1. The minimum absolute atomic E-state index is 0.0390. The van der Waals surface area contributed by atoms with Crippen LogP contribution in [0.5, 0.6) is 0 Å². The van der Waals surface area contributed by atoms with E-state index in [1.54, 1.807) is 17.4 Å². The fourth-order valence-corrected chi connectivity index (χ4v) is 3.05. The Morgan fingerprint density at radius 2 is 2.26 bits per heavy atom. The summed E-state index contributed by atoms with van der Waals surface area (Å²) in [6.45, 7) is 0. The van der Waals surface area contributed by atoms with Crippen LogP contribution in [0, 0.1) is 11.7 Å². The van der Waals surface area contributed by atoms with Crippen molar-refractivity contribution in [2.45, 2.75) is 12.8 Å². The van der Waals surface area contributed by atoms with E-state index in [2.05, 4.69) is 15.5 Å². The van der Waals surface area contributed by atoms with Gasteiger partial charge in [-0.25, -0.2) is 4.39 Å². The van der Waals surface area contributed by atoms with Gasteiger partial charge < -0.3 is 5.32 Å². The van der Waals surface area contributed by atoms with Gasteiger partial charge >= 0.3 is 0 Å². The molecule has 23 heavy (non-hydrogen) atoms. The number of thiophene rings is 1. The largest absolute Gasteiger partial charge is 0.326 e. The average Bonchev–Trinajstić information content (AvgIpc) is 3.10. The van der Waals surface area contributed by atoms with E-state index in [1.165, 1.54) is 6.07 Å². The molecule has 0 spiro atoms. The Hall–Kier alpha value is -2.47. The van der Waals surface area contributed by atoms with E-state index in [0.717, 1.165) is 23.4 Å². The van der Waals surface area contributed by atoms with Crippen LogP contribution < -0.4 is 5.32 Å². The third kappa shape index (κ3) is 2.90. The molecule has 0 bridgehead atoms. The lowest BCUT2D eigenvalue weighted by Crippen LogP contribution is -2.13. The summed E-state index contributed by atoms with van der Waals surface area (Å²) in [6.07, 6.45) is 5.65. The van der Waals surface area contributed by atoms with E-state index in [1.807, 2.05) is 29.7 Å². The van der Waals surface area contributed by atoms with E-state index in [4.69, 9.17) is 0 Å². The summed E-state index contributed by atoms with van der Waals surface area (Å²) >= 11 is 1.62. The molecule has 2 aromatic heterocycles. The molecule has 0 saturated heterocycles. The van der Waals surface area contributed by atoms with Gasteiger partial charge in [0.1, 0.15) is 5.52 Å². The molecule has 1 aliphatic carbocycles. The van der Waals surface area contributed by atoms with Crippen molar-refractivity contribution in [2.75, 3.05) is 5.32 Å². The molecule has 4 nitrogen and oxygen atoms in total. The number of hydrogen-bond donors (Lipinski definition) is 2. The Morgan fingerprint density at radius 3 is 3.00 bits per heavy atom. The second-order valence-electron chi connectivity index (χ2n) is 5.60. The number of H-pyrrole nitrogens is 1. The van der Waals surface area contributed by atoms with Gasteiger partial charge in [0.15, 0.2) is 5.82 Å². The van der Waals surface area contributed by atoms with E-state index in [-0.39, 0.29) is 17.3 Å². The predicted octanol–water partition coefficient (Wildman–Crippen LogP) is 4.28. The molecule has 1 fully saturated rings. The first-order valence-electron chi connectivity index (χ1n) is 7.41. The molecular weight excluding hydrogens is 313 g/mol. The molecule has 0 unspecified atom stereocenters. The number of aromatic nitrogens is 2. The number of carbonyl (C=O) groups excluding carboxylic acids is 1. The lowest BCUT2D eigenvalue weighted by atomic mass is 10.1. The van der Waals surface area contributed by atoms with Gasteiger partial charge in [0.25, 0.3) is 0 Å². The molecule has 3 aromatic rings. The first-order chi connectivity index (χ1) is 11.2. The normalized spacial score (nSPS) is 14.7. The first-order valence-corrected chi connectivity index (χ1v) is 8.29. The van der Waals surface area contributed by atoms with Crippen LogP contribution in [0.4, 0.5) is 10.1 Å². The predicted molar refractivity (Wildman–Crippen MR) is 90.7 cm³/mol. The zero-order valence-corrected chi connectivity index (χ0v) is 13.0. The molecule has 1 saturated carbocycles. The van der Waals surface area contributed by atoms with Gasteiger partial charge in [-0.15, -0.1) is 11.3 Å². The van der Waals surface area contributed by atoms with E-state index < -0.39 is 5.82 Å². The molecule has 0 radical (unpaired) electrons. The van der Waals surface area contributed by atoms with Crippen LogP contribution >= 0.6 is 11.3 Å². The molecule has 1 amide bonds. The van der Waals surface area contributed by atoms with Crippen molar-refractivity contribution < 1.29 is 9.18 Å². The zero-order chi connectivity index (χ0) is 15.8. The van der Waals surface area contributed by atoms with Gasteiger partial charge in [-0.1, -0.05) is 6.07 Å². The number of nitrogens with zero attached hydrogens (tertiary/aromatic N) is 1. The van der Waals surface area contributed by atoms with Crippen molar-refractivity contribution in [1.82, 2.24) is 10.2 Å². The third-order valence-corrected chi connectivity index (χ3v) is 4.65. The number of carbonyl (C=O) groups is 1. The van der Waals surface area contributed by atoms with Crippen LogP contribution in [0.2, 0.25) is 0 Å². The molecular formula is C17H14FN3OS. The Morgan fingerprint density at radius 1 is 1.39 bits per heavy atom. The number of fused-ring (bicyclic) bond motifs is 1. The van der Waals surface area contributed by atoms with Crippen LogP contribution in [0.15, 0.2) is 29.6 Å². The lowest BCUT2D eigenvalue weighted by molar-refractivity contribution is -0.117. The van der Waals surface area contributed by atoms with Gasteiger partial charge in [0, 0.05) is 21.9 Å². The number of aromatic amines is 1. The Labute approximate surface area is 136 Å². The molecule has 6 heteroatoms. The summed E-state index contributed by atoms with van der Waals surface area (Å²) in [6, 6.07) is 7.05. The summed E-state index contributed by atoms with van der Waals surface area (Å²) < 4.78 is 14.2. The molecule has 1 aliphatic rings. The highest BCUT2D eigenvalue weighted by Crippen LogP contribution is 2.31. The van der Waals surface area contributed by atoms with E-state index >= 15 is 0 Å². The second kappa shape index (κ2) is 5.62. The minimum atomic E-state index is -0.444. The maximum Gasteiger partial charge on any atom is 0.227 e. The van der Waals surface area contributed by atoms with Crippen molar-refractivity contribution in [3.63, 3.8) is 0 Å². The number of rotatable bonds is 4. The fourth-order valence-electron chi connectivity index (χ4n) is 2.43. The van der Waals surface area contributed by atoms with Gasteiger partial charge in [0.05, 0.1) is 5.69 Å². The SMILES string of the molecule is O=C(Nc1cc(F)c2n[nH]c(C=Cc3cccs3)c2c1)C1CC1. The Bertz CT molecular complexity index is 894. The van der Waals surface area contributed by atoms with Crippen molar-refractivity contribution in [3.8, 4) is 0 Å². The molecule has 2 N–H and O–H groups in total. The average molecular weight is 327 g/mol. The molecule has 1 aromatic carbocycles. The Kier molecular flexibility index (Phi) is 3.46. The highest BCUT2D eigenvalue weighted by Gasteiger charge is 2.29. The number of amides is 1. The van der Waals surface area contributed by atoms with Gasteiger partial charge in [-0.2, -0.15) is 5.10 Å². The summed E-state index contributed by atoms with van der Waals surface area (Å²) in [4.78, 5) is 13.0. The molecule has 0 aliphatic heterocycles. The van der Waals surface area contributed by atoms with Gasteiger partial charge in [-0.05, 0) is 48.6 Å². The van der Waals surface area contributed by atoms with Gasteiger partial charge in [-0.3, -0.25) is 9.89 Å². The summed E-state index contributed by atoms with van der Waals surface area (Å²) in [5.41, 5.74) is 1.47. The first kappa shape index (κ1) is 14.1. The molecule has 2 heterocycles. The van der Waals surface area contributed by atoms with Crippen molar-refractivity contribution in [3.05, 3.63) is 46.0 Å². The Balaban J connectivity index is 1.68. The van der Waals surface area contributed by atoms with E-state index in [9.17, 15) is 9.18 Å². The molecule has 116 valence electrons. The number of halogens is 1. The van der Waals surface area contributed by atoms with Crippen molar-refractivity contribution in [1.29, 1.82) is 0 Å². The third-order valence-electron chi connectivity index (χ3n) is 3.81. The van der Waals surface area contributed by atoms with Crippen LogP contribution in [0.25, 0.3) is 23.1 Å². The second-order valence-corrected chi connectivity index (χ2v) is 6.58. The molecule has 0 atom stereocenters. The van der Waals surface area contributed by atoms with Crippen LogP contribution in [-0.4, -0.2) is 16.1 Å². The monoisotopic (exact) mass is 327 g/mol. The smallest absolute Gasteiger partial charge is 0.227 e. The van der Waals surface area contributed by atoms with E-state index in [0.29, 0.717) is 11.1 Å². The summed E-state index contributed by atoms with van der Waals surface area (Å²) in [5, 5.41) is 12.3. The van der Waals surface area contributed by atoms with Crippen LogP contribution in [-0.2, 0) is 4.79 Å². The summed E-state index contributed by atoms with van der Waals surface area (Å²) in [5.74, 6) is -0.403. The fraction of sp³-hybridized carbons (Fsp3) is 0.176. The topological polar surface area (TPSA) is 57.8 Å². The quantitative estimate of drug-likeness (QED) is 0.751. The maximum absolute atomic E-state index is 14.2. The lowest BCUT2D eigenvalue weighted by Gasteiger charge is -2.05. The van der Waals surface area contributed by atoms with Crippen LogP contribution in [0.3, 0.4) is 0 Å². The van der Waals surface area contributed by atoms with Crippen LogP contribution in [0.1, 0.15) is 23.4 Å². The minimum Gasteiger partial charge on any atom is -0.326 e. The maximum atomic E-state index is 14.2. The number of nitrogens with one attached hydrogen (secondary N) is 2. The van der Waals surface area contributed by atoms with Crippen molar-refractivity contribution in [2.24, 2.45) is 5.92 Å². The standard InChI is InChI=1S/C17H14FN3OS/c18-14-9-11(19-17(22)10-3-4-10)8-13-15(20-21-16(13)14)6-5-12-2-1-7-23-12/h1-2,5-10H,3-4H2,(H,19,22)(H,20,21). The summed E-state index contributed by atoms with van der Waals surface area (Å²) in [7, 11) is 0. The van der Waals surface area contributed by atoms with Gasteiger partial charge in [0.2, 0.25) is 5.91 Å². The number of anilines is 1. The highest BCUT2D eigenvalue weighted by atomic mass is 32.1. The van der Waals surface area contributed by atoms with Crippen molar-refractivity contribution >= 4 is 46.0 Å². The highest BCUT2D eigenvalue weighted by molar-refractivity contribution is 7.10.